The van der Waals surface area contributed by atoms with Gasteiger partial charge in [-0.05, 0) is 56.3 Å². The van der Waals surface area contributed by atoms with Crippen LogP contribution in [0.5, 0.6) is 0 Å². The van der Waals surface area contributed by atoms with Crippen molar-refractivity contribution in [3.8, 4) is 0 Å². The van der Waals surface area contributed by atoms with Crippen molar-refractivity contribution in [2.75, 3.05) is 0 Å². The summed E-state index contributed by atoms with van der Waals surface area (Å²) in [6, 6.07) is 0. The van der Waals surface area contributed by atoms with Gasteiger partial charge in [0.25, 0.3) is 10.1 Å². The number of aliphatic hydroxyl groups excluding tert-OH is 1. The van der Waals surface area contributed by atoms with E-state index in [2.05, 4.69) is 6.58 Å². The van der Waals surface area contributed by atoms with Crippen LogP contribution in [0.2, 0.25) is 0 Å². The second kappa shape index (κ2) is 3.81. The summed E-state index contributed by atoms with van der Waals surface area (Å²) in [4.78, 5) is -0.413. The van der Waals surface area contributed by atoms with E-state index in [-0.39, 0.29) is 5.41 Å². The van der Waals surface area contributed by atoms with E-state index in [1.807, 2.05) is 0 Å². The predicted octanol–water partition coefficient (Wildman–Crippen LogP) is 1.97. The molecule has 0 aromatic carbocycles. The maximum absolute atomic E-state index is 11.2. The topological polar surface area (TPSA) is 74.6 Å². The molecule has 0 aromatic heterocycles. The lowest BCUT2D eigenvalue weighted by Crippen LogP contribution is -2.52. The summed E-state index contributed by atoms with van der Waals surface area (Å²) in [6.45, 7) is 3.40. The lowest BCUT2D eigenvalue weighted by atomic mass is 9.48. The van der Waals surface area contributed by atoms with Crippen LogP contribution in [0.25, 0.3) is 0 Å². The molecule has 4 aliphatic carbocycles. The van der Waals surface area contributed by atoms with Gasteiger partial charge >= 0.3 is 0 Å². The third-order valence-electron chi connectivity index (χ3n) is 5.30. The molecular weight excluding hydrogens is 252 g/mol. The van der Waals surface area contributed by atoms with Crippen LogP contribution in [-0.2, 0) is 10.1 Å². The lowest BCUT2D eigenvalue weighted by Gasteiger charge is -2.58. The Kier molecular flexibility index (Phi) is 2.67. The van der Waals surface area contributed by atoms with E-state index in [9.17, 15) is 13.5 Å². The molecule has 0 spiro atoms. The Balaban J connectivity index is 1.89. The van der Waals surface area contributed by atoms with Crippen molar-refractivity contribution in [3.05, 3.63) is 11.5 Å². The van der Waals surface area contributed by atoms with Crippen LogP contribution in [0.3, 0.4) is 0 Å². The van der Waals surface area contributed by atoms with Crippen LogP contribution in [0.4, 0.5) is 0 Å². The normalized spacial score (nSPS) is 44.0. The standard InChI is InChI=1S/C13H20O4S/c1-8(18(15,16)17)12(14)13-5-9-2-10(6-13)4-11(3-9)7-13/h9-12,14H,1-7H2,(H,15,16,17). The van der Waals surface area contributed by atoms with E-state index in [1.54, 1.807) is 0 Å². The molecule has 0 amide bonds. The second-order valence-electron chi connectivity index (χ2n) is 6.62. The Bertz CT molecular complexity index is 444. The largest absolute Gasteiger partial charge is 0.387 e. The van der Waals surface area contributed by atoms with E-state index in [1.165, 1.54) is 19.3 Å². The van der Waals surface area contributed by atoms with Gasteiger partial charge in [0.2, 0.25) is 0 Å². The minimum atomic E-state index is -4.34. The van der Waals surface area contributed by atoms with Gasteiger partial charge < -0.3 is 5.11 Å². The van der Waals surface area contributed by atoms with Gasteiger partial charge in [-0.3, -0.25) is 4.55 Å². The van der Waals surface area contributed by atoms with Gasteiger partial charge in [-0.25, -0.2) is 0 Å². The summed E-state index contributed by atoms with van der Waals surface area (Å²) < 4.78 is 31.4. The molecule has 102 valence electrons. The van der Waals surface area contributed by atoms with Gasteiger partial charge in [-0.2, -0.15) is 8.42 Å². The van der Waals surface area contributed by atoms with Crippen molar-refractivity contribution in [3.63, 3.8) is 0 Å². The molecule has 1 unspecified atom stereocenters. The molecule has 0 radical (unpaired) electrons. The summed E-state index contributed by atoms with van der Waals surface area (Å²) >= 11 is 0. The van der Waals surface area contributed by atoms with Gasteiger partial charge in [0.05, 0.1) is 11.0 Å². The van der Waals surface area contributed by atoms with Gasteiger partial charge in [0.15, 0.2) is 0 Å². The Morgan fingerprint density at radius 2 is 1.50 bits per heavy atom. The fourth-order valence-corrected chi connectivity index (χ4v) is 5.53. The highest BCUT2D eigenvalue weighted by Crippen LogP contribution is 2.62. The molecular formula is C13H20O4S. The fourth-order valence-electron chi connectivity index (χ4n) is 5.00. The molecule has 0 heterocycles. The highest BCUT2D eigenvalue weighted by Gasteiger charge is 2.55. The Labute approximate surface area is 108 Å². The smallest absolute Gasteiger partial charge is 0.292 e. The Hall–Kier alpha value is -0.390. The summed E-state index contributed by atoms with van der Waals surface area (Å²) in [5, 5.41) is 10.4. The first-order valence-corrected chi connectivity index (χ1v) is 8.08. The van der Waals surface area contributed by atoms with Crippen LogP contribution in [-0.4, -0.2) is 24.2 Å². The van der Waals surface area contributed by atoms with Crippen molar-refractivity contribution in [2.24, 2.45) is 23.2 Å². The third-order valence-corrected chi connectivity index (χ3v) is 6.19. The maximum atomic E-state index is 11.2. The van der Waals surface area contributed by atoms with Crippen molar-refractivity contribution in [1.82, 2.24) is 0 Å². The summed E-state index contributed by atoms with van der Waals surface area (Å²) in [5.74, 6) is 1.88. The van der Waals surface area contributed by atoms with Crippen LogP contribution >= 0.6 is 0 Å². The molecule has 4 saturated carbocycles. The number of hydrogen-bond acceptors (Lipinski definition) is 3. The minimum absolute atomic E-state index is 0.346. The van der Waals surface area contributed by atoms with Crippen LogP contribution in [0.1, 0.15) is 38.5 Å². The zero-order valence-electron chi connectivity index (χ0n) is 10.4. The summed E-state index contributed by atoms with van der Waals surface area (Å²) in [7, 11) is -4.34. The summed E-state index contributed by atoms with van der Waals surface area (Å²) in [6.07, 6.45) is 5.22. The zero-order valence-corrected chi connectivity index (χ0v) is 11.2. The SMILES string of the molecule is C=C(C(O)C12CC3CC(CC(C3)C1)C2)S(=O)(=O)O. The highest BCUT2D eigenvalue weighted by atomic mass is 32.2. The molecule has 1 atom stereocenters. The number of hydrogen-bond donors (Lipinski definition) is 2. The molecule has 0 saturated heterocycles. The molecule has 4 rings (SSSR count). The third kappa shape index (κ3) is 1.84. The molecule has 18 heavy (non-hydrogen) atoms. The van der Waals surface area contributed by atoms with Crippen LogP contribution < -0.4 is 0 Å². The first-order valence-electron chi connectivity index (χ1n) is 6.64. The molecule has 2 N–H and O–H groups in total. The molecule has 5 heteroatoms. The first-order chi connectivity index (χ1) is 8.30. The molecule has 0 aliphatic heterocycles. The van der Waals surface area contributed by atoms with Crippen molar-refractivity contribution in [1.29, 1.82) is 0 Å². The minimum Gasteiger partial charge on any atom is -0.387 e. The van der Waals surface area contributed by atoms with Gasteiger partial charge in [0.1, 0.15) is 0 Å². The molecule has 4 nitrogen and oxygen atoms in total. The lowest BCUT2D eigenvalue weighted by molar-refractivity contribution is -0.106. The van der Waals surface area contributed by atoms with Gasteiger partial charge in [-0.1, -0.05) is 6.58 Å². The molecule has 4 bridgehead atoms. The van der Waals surface area contributed by atoms with E-state index in [4.69, 9.17) is 4.55 Å². The molecule has 4 aliphatic rings. The Morgan fingerprint density at radius 1 is 1.11 bits per heavy atom. The monoisotopic (exact) mass is 272 g/mol. The van der Waals surface area contributed by atoms with E-state index in [0.717, 1.165) is 19.3 Å². The maximum Gasteiger partial charge on any atom is 0.292 e. The second-order valence-corrected chi connectivity index (χ2v) is 8.10. The van der Waals surface area contributed by atoms with Crippen LogP contribution in [0, 0.1) is 23.2 Å². The number of aliphatic hydroxyl groups is 1. The summed E-state index contributed by atoms with van der Waals surface area (Å²) in [5.41, 5.74) is -0.346. The predicted molar refractivity (Wildman–Crippen MR) is 67.3 cm³/mol. The highest BCUT2D eigenvalue weighted by molar-refractivity contribution is 7.89. The zero-order chi connectivity index (χ0) is 13.1. The average molecular weight is 272 g/mol. The van der Waals surface area contributed by atoms with E-state index in [0.29, 0.717) is 17.8 Å². The van der Waals surface area contributed by atoms with Crippen LogP contribution in [0.15, 0.2) is 11.5 Å². The Morgan fingerprint density at radius 3 is 1.83 bits per heavy atom. The van der Waals surface area contributed by atoms with Crippen molar-refractivity contribution in [2.45, 2.75) is 44.6 Å². The quantitative estimate of drug-likeness (QED) is 0.770. The molecule has 4 fully saturated rings. The van der Waals surface area contributed by atoms with Gasteiger partial charge in [-0.15, -0.1) is 0 Å². The van der Waals surface area contributed by atoms with E-state index < -0.39 is 21.1 Å². The average Bonchev–Trinajstić information content (AvgIpc) is 2.23. The fraction of sp³-hybridized carbons (Fsp3) is 0.846. The number of rotatable bonds is 3. The van der Waals surface area contributed by atoms with Gasteiger partial charge in [0, 0.05) is 5.41 Å². The molecule has 0 aromatic rings. The van der Waals surface area contributed by atoms with Crippen molar-refractivity contribution >= 4 is 10.1 Å². The van der Waals surface area contributed by atoms with Crippen molar-refractivity contribution < 1.29 is 18.1 Å². The van der Waals surface area contributed by atoms with E-state index >= 15 is 0 Å². The first kappa shape index (κ1) is 12.6.